The molecule has 1 heterocycles. The number of nitrogens with zero attached hydrogens (tertiary/aromatic N) is 1. The van der Waals surface area contributed by atoms with Gasteiger partial charge in [-0.3, -0.25) is 9.59 Å². The van der Waals surface area contributed by atoms with Gasteiger partial charge in [-0.05, 0) is 70.3 Å². The van der Waals surface area contributed by atoms with Crippen LogP contribution in [0, 0.1) is 5.92 Å². The van der Waals surface area contributed by atoms with Gasteiger partial charge in [-0.2, -0.15) is 0 Å². The molecule has 2 aliphatic carbocycles. The first-order valence-electron chi connectivity index (χ1n) is 13.9. The second kappa shape index (κ2) is 9.91. The summed E-state index contributed by atoms with van der Waals surface area (Å²) in [4.78, 5) is 29.3. The van der Waals surface area contributed by atoms with E-state index >= 15 is 0 Å². The molecule has 0 amide bonds. The van der Waals surface area contributed by atoms with Gasteiger partial charge < -0.3 is 4.90 Å². The molecule has 0 saturated heterocycles. The van der Waals surface area contributed by atoms with Crippen LogP contribution in [0.1, 0.15) is 32.8 Å². The Morgan fingerprint density at radius 2 is 1.73 bits per heavy atom. The molecule has 0 spiro atoms. The van der Waals surface area contributed by atoms with Gasteiger partial charge in [0.2, 0.25) is 0 Å². The Bertz CT molecular complexity index is 1840. The highest BCUT2D eigenvalue weighted by Gasteiger charge is 2.42. The van der Waals surface area contributed by atoms with E-state index in [4.69, 9.17) is 0 Å². The summed E-state index contributed by atoms with van der Waals surface area (Å²) in [5.74, 6) is -0.0644. The van der Waals surface area contributed by atoms with Gasteiger partial charge in [-0.25, -0.2) is 0 Å². The number of rotatable bonds is 4. The Kier molecular flexibility index (Phi) is 6.38. The fourth-order valence-corrected chi connectivity index (χ4v) is 6.29. The number of allylic oxidation sites excluding steroid dienone is 9. The number of benzene rings is 3. The molecule has 0 fully saturated rings. The van der Waals surface area contributed by atoms with Crippen LogP contribution in [-0.4, -0.2) is 18.1 Å². The Hall–Kier alpha value is -4.50. The van der Waals surface area contributed by atoms with Crippen molar-refractivity contribution in [1.82, 2.24) is 0 Å². The molecule has 3 aromatic carbocycles. The molecule has 198 valence electrons. The highest BCUT2D eigenvalue weighted by atomic mass is 16.2. The summed E-state index contributed by atoms with van der Waals surface area (Å²) in [5, 5.41) is 4.11. The van der Waals surface area contributed by atoms with Crippen molar-refractivity contribution in [3.8, 4) is 0 Å². The number of carbonyl (C=O) groups is 2. The van der Waals surface area contributed by atoms with Gasteiger partial charge in [0.25, 0.3) is 0 Å². The zero-order valence-corrected chi connectivity index (χ0v) is 23.3. The van der Waals surface area contributed by atoms with Gasteiger partial charge >= 0.3 is 0 Å². The lowest BCUT2D eigenvalue weighted by atomic mass is 9.81. The van der Waals surface area contributed by atoms with Gasteiger partial charge in [0.1, 0.15) is 0 Å². The van der Waals surface area contributed by atoms with Gasteiger partial charge in [0.15, 0.2) is 11.6 Å². The normalized spacial score (nSPS) is 22.4. The van der Waals surface area contributed by atoms with E-state index in [2.05, 4.69) is 86.0 Å². The summed E-state index contributed by atoms with van der Waals surface area (Å²) in [7, 11) is 0. The van der Waals surface area contributed by atoms with Crippen molar-refractivity contribution in [2.75, 3.05) is 11.4 Å². The fraction of sp³-hybridized carbons (Fsp3) is 0.189. The van der Waals surface area contributed by atoms with E-state index in [0.29, 0.717) is 17.1 Å². The summed E-state index contributed by atoms with van der Waals surface area (Å²) < 4.78 is 0. The number of anilines is 1. The Balaban J connectivity index is 1.45. The lowest BCUT2D eigenvalue weighted by Crippen LogP contribution is -2.30. The zero-order chi connectivity index (χ0) is 28.0. The van der Waals surface area contributed by atoms with Gasteiger partial charge in [0, 0.05) is 34.5 Å². The molecular weight excluding hydrogens is 490 g/mol. The van der Waals surface area contributed by atoms with Crippen LogP contribution in [0.15, 0.2) is 120 Å². The number of ketones is 2. The average molecular weight is 524 g/mol. The fourth-order valence-electron chi connectivity index (χ4n) is 6.29. The predicted octanol–water partition coefficient (Wildman–Crippen LogP) is 6.24. The average Bonchev–Trinajstić information content (AvgIpc) is 3.29. The number of Topliss-reactive ketones (excluding diaryl/α,β-unsaturated/α-hetero) is 2. The van der Waals surface area contributed by atoms with Gasteiger partial charge in [-0.1, -0.05) is 99.3 Å². The molecule has 3 aliphatic rings. The molecule has 0 aromatic heterocycles. The zero-order valence-electron chi connectivity index (χ0n) is 23.3. The first-order valence-corrected chi connectivity index (χ1v) is 13.9. The van der Waals surface area contributed by atoms with Crippen LogP contribution in [0.25, 0.3) is 23.4 Å². The SMILES string of the molecule is C=c1cccc/c1=C/C1=C(C)C(=O)/C(=C/C=C2/N(CC3C=CC=CC3)c3ccc4ccccc4c3C2(C)C)C1=O. The van der Waals surface area contributed by atoms with E-state index in [1.165, 1.54) is 22.0 Å². The van der Waals surface area contributed by atoms with Crippen LogP contribution >= 0.6 is 0 Å². The third kappa shape index (κ3) is 4.23. The quantitative estimate of drug-likeness (QED) is 0.300. The molecule has 3 nitrogen and oxygen atoms in total. The molecule has 6 rings (SSSR count). The first kappa shape index (κ1) is 25.8. The van der Waals surface area contributed by atoms with E-state index in [0.717, 1.165) is 29.1 Å². The molecule has 0 radical (unpaired) electrons. The Morgan fingerprint density at radius 3 is 2.50 bits per heavy atom. The van der Waals surface area contributed by atoms with Crippen molar-refractivity contribution < 1.29 is 9.59 Å². The van der Waals surface area contributed by atoms with E-state index < -0.39 is 0 Å². The van der Waals surface area contributed by atoms with Crippen molar-refractivity contribution in [2.24, 2.45) is 5.92 Å². The molecule has 1 unspecified atom stereocenters. The summed E-state index contributed by atoms with van der Waals surface area (Å²) in [6.07, 6.45) is 15.2. The largest absolute Gasteiger partial charge is 0.343 e. The molecular formula is C37H33NO2. The maximum absolute atomic E-state index is 13.5. The maximum Gasteiger partial charge on any atom is 0.197 e. The molecule has 1 aliphatic heterocycles. The van der Waals surface area contributed by atoms with E-state index in [9.17, 15) is 9.59 Å². The number of hydrogen-bond donors (Lipinski definition) is 0. The third-order valence-corrected chi connectivity index (χ3v) is 8.48. The van der Waals surface area contributed by atoms with Crippen LogP contribution in [0.2, 0.25) is 0 Å². The van der Waals surface area contributed by atoms with Gasteiger partial charge in [-0.15, -0.1) is 0 Å². The topological polar surface area (TPSA) is 37.4 Å². The molecule has 3 heteroatoms. The standard InChI is InChI=1S/C37H33NO2/c1-24-12-8-9-16-28(24)22-31-25(2)35(39)30(36(31)40)19-21-33-37(3,4)34-29-17-11-10-15-27(29)18-20-32(34)38(33)23-26-13-6-5-7-14-26/h5-13,15-22,26H,1,14,23H2,2-4H3/b28-22-,30-19-,33-21+. The van der Waals surface area contributed by atoms with E-state index in [1.807, 2.05) is 30.3 Å². The monoisotopic (exact) mass is 523 g/mol. The lowest BCUT2D eigenvalue weighted by Gasteiger charge is -2.29. The van der Waals surface area contributed by atoms with Crippen molar-refractivity contribution in [3.05, 3.63) is 136 Å². The highest BCUT2D eigenvalue weighted by molar-refractivity contribution is 6.40. The predicted molar refractivity (Wildman–Crippen MR) is 165 cm³/mol. The summed E-state index contributed by atoms with van der Waals surface area (Å²) in [5.41, 5.74) is 4.38. The summed E-state index contributed by atoms with van der Waals surface area (Å²) >= 11 is 0. The maximum atomic E-state index is 13.5. The first-order chi connectivity index (χ1) is 19.3. The van der Waals surface area contributed by atoms with E-state index in [-0.39, 0.29) is 22.6 Å². The number of fused-ring (bicyclic) bond motifs is 3. The highest BCUT2D eigenvalue weighted by Crippen LogP contribution is 2.51. The van der Waals surface area contributed by atoms with Crippen LogP contribution in [0.4, 0.5) is 5.69 Å². The van der Waals surface area contributed by atoms with E-state index in [1.54, 1.807) is 19.1 Å². The van der Waals surface area contributed by atoms with Crippen molar-refractivity contribution in [2.45, 2.75) is 32.6 Å². The number of carbonyl (C=O) groups excluding carboxylic acids is 2. The minimum atomic E-state index is -0.323. The number of hydrogen-bond acceptors (Lipinski definition) is 3. The van der Waals surface area contributed by atoms with Crippen LogP contribution in [0.5, 0.6) is 0 Å². The second-order valence-electron chi connectivity index (χ2n) is 11.4. The molecule has 1 atom stereocenters. The van der Waals surface area contributed by atoms with Gasteiger partial charge in [0.05, 0.1) is 5.57 Å². The smallest absolute Gasteiger partial charge is 0.197 e. The van der Waals surface area contributed by atoms with Crippen LogP contribution in [0.3, 0.4) is 0 Å². The third-order valence-electron chi connectivity index (χ3n) is 8.48. The second-order valence-corrected chi connectivity index (χ2v) is 11.4. The van der Waals surface area contributed by atoms with Crippen molar-refractivity contribution >= 4 is 40.7 Å². The molecule has 3 aromatic rings. The molecule has 0 bridgehead atoms. The Morgan fingerprint density at radius 1 is 0.950 bits per heavy atom. The lowest BCUT2D eigenvalue weighted by molar-refractivity contribution is -0.115. The Labute approximate surface area is 235 Å². The molecule has 0 saturated carbocycles. The minimum absolute atomic E-state index is 0.208. The van der Waals surface area contributed by atoms with Crippen LogP contribution < -0.4 is 15.3 Å². The summed E-state index contributed by atoms with van der Waals surface area (Å²) in [6.45, 7) is 11.1. The summed E-state index contributed by atoms with van der Waals surface area (Å²) in [6, 6.07) is 20.6. The van der Waals surface area contributed by atoms with Crippen molar-refractivity contribution in [1.29, 1.82) is 0 Å². The van der Waals surface area contributed by atoms with Crippen LogP contribution in [-0.2, 0) is 15.0 Å². The minimum Gasteiger partial charge on any atom is -0.343 e. The molecule has 0 N–H and O–H groups in total. The van der Waals surface area contributed by atoms with Crippen molar-refractivity contribution in [3.63, 3.8) is 0 Å². The molecule has 40 heavy (non-hydrogen) atoms.